The molecule has 0 spiro atoms. The summed E-state index contributed by atoms with van der Waals surface area (Å²) in [5.74, 6) is 2.73. The Bertz CT molecular complexity index is 454. The zero-order valence-electron chi connectivity index (χ0n) is 14.3. The number of hydrogen-bond donors (Lipinski definition) is 2. The number of hydrogen-bond acceptors (Lipinski definition) is 5. The molecule has 0 atom stereocenters. The summed E-state index contributed by atoms with van der Waals surface area (Å²) >= 11 is 0. The third-order valence-electron chi connectivity index (χ3n) is 3.40. The Hall–Kier alpha value is -1.36. The molecule has 0 aliphatic carbocycles. The molecule has 1 rings (SSSR count). The van der Waals surface area contributed by atoms with Crippen molar-refractivity contribution in [2.75, 3.05) is 36.5 Å². The third kappa shape index (κ3) is 4.56. The Morgan fingerprint density at radius 3 is 2.33 bits per heavy atom. The van der Waals surface area contributed by atoms with E-state index in [0.717, 1.165) is 49.1 Å². The van der Waals surface area contributed by atoms with E-state index in [2.05, 4.69) is 51.8 Å². The fraction of sp³-hybridized carbons (Fsp3) is 0.750. The van der Waals surface area contributed by atoms with Crippen molar-refractivity contribution in [3.63, 3.8) is 0 Å². The van der Waals surface area contributed by atoms with Crippen LogP contribution in [-0.4, -0.2) is 41.3 Å². The van der Waals surface area contributed by atoms with Crippen LogP contribution in [-0.2, 0) is 5.41 Å². The van der Waals surface area contributed by atoms with E-state index < -0.39 is 0 Å². The van der Waals surface area contributed by atoms with E-state index in [4.69, 9.17) is 15.1 Å². The van der Waals surface area contributed by atoms with Crippen LogP contribution in [0.25, 0.3) is 0 Å². The molecule has 0 bridgehead atoms. The highest BCUT2D eigenvalue weighted by Crippen LogP contribution is 2.28. The van der Waals surface area contributed by atoms with Crippen LogP contribution in [0.4, 0.5) is 11.6 Å². The van der Waals surface area contributed by atoms with Crippen molar-refractivity contribution in [2.45, 2.75) is 53.4 Å². The van der Waals surface area contributed by atoms with Crippen molar-refractivity contribution >= 4 is 11.6 Å². The van der Waals surface area contributed by atoms with Gasteiger partial charge in [0.15, 0.2) is 0 Å². The molecule has 0 saturated heterocycles. The molecule has 5 heteroatoms. The van der Waals surface area contributed by atoms with Crippen LogP contribution in [0.2, 0.25) is 0 Å². The summed E-state index contributed by atoms with van der Waals surface area (Å²) in [4.78, 5) is 11.7. The molecule has 120 valence electrons. The molecule has 2 N–H and O–H groups in total. The summed E-state index contributed by atoms with van der Waals surface area (Å²) < 4.78 is 0. The normalized spacial score (nSPS) is 11.6. The molecule has 5 nitrogen and oxygen atoms in total. The van der Waals surface area contributed by atoms with Crippen LogP contribution in [0.5, 0.6) is 0 Å². The average molecular weight is 294 g/mol. The van der Waals surface area contributed by atoms with Gasteiger partial charge in [0.2, 0.25) is 0 Å². The van der Waals surface area contributed by atoms with Gasteiger partial charge < -0.3 is 15.3 Å². The summed E-state index contributed by atoms with van der Waals surface area (Å²) in [5, 5.41) is 12.4. The monoisotopic (exact) mass is 294 g/mol. The first-order valence-electron chi connectivity index (χ1n) is 7.83. The molecule has 0 aliphatic heterocycles. The number of aromatic nitrogens is 2. The predicted octanol–water partition coefficient (Wildman–Crippen LogP) is 2.72. The Morgan fingerprint density at radius 2 is 1.86 bits per heavy atom. The number of aliphatic hydroxyl groups is 1. The number of rotatable bonds is 7. The van der Waals surface area contributed by atoms with E-state index >= 15 is 0 Å². The molecular formula is C16H30N4O. The summed E-state index contributed by atoms with van der Waals surface area (Å²) in [6.45, 7) is 15.3. The second-order valence-electron chi connectivity index (χ2n) is 6.28. The van der Waals surface area contributed by atoms with Gasteiger partial charge in [0.25, 0.3) is 0 Å². The van der Waals surface area contributed by atoms with E-state index in [9.17, 15) is 0 Å². The maximum absolute atomic E-state index is 9.08. The van der Waals surface area contributed by atoms with Crippen LogP contribution in [0, 0.1) is 6.92 Å². The lowest BCUT2D eigenvalue weighted by Gasteiger charge is -2.27. The van der Waals surface area contributed by atoms with Crippen molar-refractivity contribution in [3.8, 4) is 0 Å². The highest BCUT2D eigenvalue weighted by Gasteiger charge is 2.22. The smallest absolute Gasteiger partial charge is 0.138 e. The van der Waals surface area contributed by atoms with E-state index in [-0.39, 0.29) is 12.0 Å². The van der Waals surface area contributed by atoms with E-state index in [1.54, 1.807) is 0 Å². The molecule has 21 heavy (non-hydrogen) atoms. The van der Waals surface area contributed by atoms with Crippen LogP contribution >= 0.6 is 0 Å². The van der Waals surface area contributed by atoms with Gasteiger partial charge in [0, 0.05) is 37.2 Å². The highest BCUT2D eigenvalue weighted by atomic mass is 16.3. The molecule has 0 aliphatic rings. The Kier molecular flexibility index (Phi) is 6.40. The standard InChI is InChI=1S/C16H30N4O/c1-7-17-13-12(3)14(20(8-2)10-9-11-21)19-15(18-13)16(4,5)6/h21H,7-11H2,1-6H3,(H,17,18,19). The van der Waals surface area contributed by atoms with Crippen molar-refractivity contribution in [3.05, 3.63) is 11.4 Å². The Morgan fingerprint density at radius 1 is 1.19 bits per heavy atom. The molecule has 0 amide bonds. The summed E-state index contributed by atoms with van der Waals surface area (Å²) in [6.07, 6.45) is 0.749. The van der Waals surface area contributed by atoms with Gasteiger partial charge in [-0.05, 0) is 27.2 Å². The minimum Gasteiger partial charge on any atom is -0.396 e. The van der Waals surface area contributed by atoms with Gasteiger partial charge in [0.05, 0.1) is 0 Å². The molecule has 0 unspecified atom stereocenters. The molecule has 0 saturated carbocycles. The summed E-state index contributed by atoms with van der Waals surface area (Å²) in [5.41, 5.74) is 0.980. The lowest BCUT2D eigenvalue weighted by atomic mass is 9.95. The van der Waals surface area contributed by atoms with Gasteiger partial charge in [0.1, 0.15) is 17.5 Å². The second-order valence-corrected chi connectivity index (χ2v) is 6.28. The van der Waals surface area contributed by atoms with Crippen molar-refractivity contribution in [1.29, 1.82) is 0 Å². The number of aliphatic hydroxyl groups excluding tert-OH is 1. The zero-order valence-corrected chi connectivity index (χ0v) is 14.3. The molecule has 0 fully saturated rings. The number of nitrogens with zero attached hydrogens (tertiary/aromatic N) is 3. The lowest BCUT2D eigenvalue weighted by Crippen LogP contribution is -2.29. The van der Waals surface area contributed by atoms with Crippen LogP contribution < -0.4 is 10.2 Å². The largest absolute Gasteiger partial charge is 0.396 e. The van der Waals surface area contributed by atoms with E-state index in [1.807, 2.05) is 0 Å². The Labute approximate surface area is 128 Å². The topological polar surface area (TPSA) is 61.3 Å². The summed E-state index contributed by atoms with van der Waals surface area (Å²) in [6, 6.07) is 0. The maximum atomic E-state index is 9.08. The number of nitrogens with one attached hydrogen (secondary N) is 1. The molecule has 1 aromatic rings. The van der Waals surface area contributed by atoms with Crippen molar-refractivity contribution < 1.29 is 5.11 Å². The molecule has 0 radical (unpaired) electrons. The lowest BCUT2D eigenvalue weighted by molar-refractivity contribution is 0.289. The van der Waals surface area contributed by atoms with Gasteiger partial charge in [-0.15, -0.1) is 0 Å². The van der Waals surface area contributed by atoms with Crippen LogP contribution in [0.3, 0.4) is 0 Å². The summed E-state index contributed by atoms with van der Waals surface area (Å²) in [7, 11) is 0. The molecule has 1 heterocycles. The molecular weight excluding hydrogens is 264 g/mol. The van der Waals surface area contributed by atoms with Gasteiger partial charge in [-0.3, -0.25) is 0 Å². The maximum Gasteiger partial charge on any atom is 0.138 e. The van der Waals surface area contributed by atoms with Gasteiger partial charge in [-0.2, -0.15) is 0 Å². The molecule has 1 aromatic heterocycles. The second kappa shape index (κ2) is 7.59. The van der Waals surface area contributed by atoms with Crippen molar-refractivity contribution in [1.82, 2.24) is 9.97 Å². The van der Waals surface area contributed by atoms with E-state index in [1.165, 1.54) is 0 Å². The van der Waals surface area contributed by atoms with E-state index in [0.29, 0.717) is 0 Å². The number of anilines is 2. The quantitative estimate of drug-likeness (QED) is 0.809. The SMILES string of the molecule is CCNc1nc(C(C)(C)C)nc(N(CC)CCCO)c1C. The Balaban J connectivity index is 3.30. The third-order valence-corrected chi connectivity index (χ3v) is 3.40. The van der Waals surface area contributed by atoms with Gasteiger partial charge in [-0.25, -0.2) is 9.97 Å². The average Bonchev–Trinajstić information content (AvgIpc) is 2.42. The fourth-order valence-electron chi connectivity index (χ4n) is 2.16. The van der Waals surface area contributed by atoms with Gasteiger partial charge >= 0.3 is 0 Å². The fourth-order valence-corrected chi connectivity index (χ4v) is 2.16. The van der Waals surface area contributed by atoms with Gasteiger partial charge in [-0.1, -0.05) is 20.8 Å². The predicted molar refractivity (Wildman–Crippen MR) is 89.2 cm³/mol. The molecule has 0 aromatic carbocycles. The minimum absolute atomic E-state index is 0.0942. The van der Waals surface area contributed by atoms with Crippen molar-refractivity contribution in [2.24, 2.45) is 0 Å². The first-order chi connectivity index (χ1) is 9.85. The zero-order chi connectivity index (χ0) is 16.0. The van der Waals surface area contributed by atoms with Crippen LogP contribution in [0.15, 0.2) is 0 Å². The van der Waals surface area contributed by atoms with Crippen LogP contribution in [0.1, 0.15) is 52.4 Å². The first kappa shape index (κ1) is 17.7. The first-order valence-corrected chi connectivity index (χ1v) is 7.83. The minimum atomic E-state index is -0.0942. The highest BCUT2D eigenvalue weighted by molar-refractivity contribution is 5.59.